The summed E-state index contributed by atoms with van der Waals surface area (Å²) in [7, 11) is 0. The van der Waals surface area contributed by atoms with Crippen molar-refractivity contribution in [2.75, 3.05) is 0 Å². The minimum absolute atomic E-state index is 0.166. The standard InChI is InChI=1S/C14H14BrN3OS/c1-8(16-7-13-10(15)4-5-20-13)9-2-3-11-12(6-9)18-14(19)17-11/h2-6,8,16H,7H2,1H3,(H2,17,18,19). The van der Waals surface area contributed by atoms with Crippen LogP contribution in [0.2, 0.25) is 0 Å². The molecule has 3 aromatic rings. The maximum Gasteiger partial charge on any atom is 0.323 e. The van der Waals surface area contributed by atoms with Crippen molar-refractivity contribution in [3.63, 3.8) is 0 Å². The highest BCUT2D eigenvalue weighted by molar-refractivity contribution is 9.10. The number of H-pyrrole nitrogens is 2. The van der Waals surface area contributed by atoms with Crippen LogP contribution in [-0.4, -0.2) is 9.97 Å². The highest BCUT2D eigenvalue weighted by Gasteiger charge is 2.08. The molecule has 3 rings (SSSR count). The van der Waals surface area contributed by atoms with E-state index in [0.717, 1.165) is 27.6 Å². The normalized spacial score (nSPS) is 12.9. The topological polar surface area (TPSA) is 60.7 Å². The van der Waals surface area contributed by atoms with Crippen molar-refractivity contribution in [1.29, 1.82) is 0 Å². The van der Waals surface area contributed by atoms with Crippen LogP contribution in [-0.2, 0) is 6.54 Å². The van der Waals surface area contributed by atoms with E-state index < -0.39 is 0 Å². The molecule has 0 aliphatic carbocycles. The number of imidazole rings is 1. The van der Waals surface area contributed by atoms with Crippen molar-refractivity contribution in [3.05, 3.63) is 55.0 Å². The van der Waals surface area contributed by atoms with Crippen LogP contribution in [0.25, 0.3) is 11.0 Å². The first-order valence-electron chi connectivity index (χ1n) is 6.30. The number of nitrogens with one attached hydrogen (secondary N) is 3. The van der Waals surface area contributed by atoms with Crippen LogP contribution in [0.15, 0.2) is 38.9 Å². The quantitative estimate of drug-likeness (QED) is 0.673. The smallest absolute Gasteiger partial charge is 0.306 e. The molecule has 0 fully saturated rings. The van der Waals surface area contributed by atoms with E-state index >= 15 is 0 Å². The molecule has 0 radical (unpaired) electrons. The molecule has 2 aromatic heterocycles. The first-order chi connectivity index (χ1) is 9.63. The second kappa shape index (κ2) is 5.55. The van der Waals surface area contributed by atoms with Gasteiger partial charge < -0.3 is 15.3 Å². The van der Waals surface area contributed by atoms with Crippen molar-refractivity contribution in [2.24, 2.45) is 0 Å². The maximum absolute atomic E-state index is 11.3. The maximum atomic E-state index is 11.3. The molecule has 104 valence electrons. The lowest BCUT2D eigenvalue weighted by Crippen LogP contribution is -2.17. The van der Waals surface area contributed by atoms with Crippen molar-refractivity contribution >= 4 is 38.3 Å². The largest absolute Gasteiger partial charge is 0.323 e. The van der Waals surface area contributed by atoms with Crippen LogP contribution < -0.4 is 11.0 Å². The van der Waals surface area contributed by atoms with Gasteiger partial charge in [0, 0.05) is 21.9 Å². The molecule has 0 spiro atoms. The van der Waals surface area contributed by atoms with E-state index in [2.05, 4.69) is 49.6 Å². The van der Waals surface area contributed by atoms with Gasteiger partial charge in [-0.3, -0.25) is 0 Å². The SMILES string of the molecule is CC(NCc1sccc1Br)c1ccc2[nH]c(=O)[nH]c2c1. The Morgan fingerprint density at radius 2 is 2.10 bits per heavy atom. The van der Waals surface area contributed by atoms with Gasteiger partial charge in [-0.25, -0.2) is 4.79 Å². The number of halogens is 1. The summed E-state index contributed by atoms with van der Waals surface area (Å²) in [6, 6.07) is 8.25. The van der Waals surface area contributed by atoms with Crippen LogP contribution in [0.3, 0.4) is 0 Å². The Balaban J connectivity index is 1.76. The molecule has 4 nitrogen and oxygen atoms in total. The molecule has 1 atom stereocenters. The summed E-state index contributed by atoms with van der Waals surface area (Å²) in [6.07, 6.45) is 0. The zero-order chi connectivity index (χ0) is 14.1. The molecule has 0 amide bonds. The molecule has 1 aromatic carbocycles. The fourth-order valence-corrected chi connectivity index (χ4v) is 3.58. The van der Waals surface area contributed by atoms with Crippen molar-refractivity contribution in [2.45, 2.75) is 19.5 Å². The molecule has 2 heterocycles. The minimum atomic E-state index is -0.166. The van der Waals surface area contributed by atoms with Gasteiger partial charge in [0.05, 0.1) is 11.0 Å². The van der Waals surface area contributed by atoms with E-state index in [0.29, 0.717) is 0 Å². The fraction of sp³-hybridized carbons (Fsp3) is 0.214. The average Bonchev–Trinajstić information content (AvgIpc) is 2.99. The van der Waals surface area contributed by atoms with Gasteiger partial charge in [-0.15, -0.1) is 11.3 Å². The molecule has 3 N–H and O–H groups in total. The van der Waals surface area contributed by atoms with E-state index in [-0.39, 0.29) is 11.7 Å². The van der Waals surface area contributed by atoms with E-state index in [1.807, 2.05) is 18.2 Å². The average molecular weight is 352 g/mol. The Hall–Kier alpha value is -1.37. The van der Waals surface area contributed by atoms with Gasteiger partial charge >= 0.3 is 5.69 Å². The summed E-state index contributed by atoms with van der Waals surface area (Å²) in [4.78, 5) is 18.1. The third-order valence-corrected chi connectivity index (χ3v) is 5.23. The summed E-state index contributed by atoms with van der Waals surface area (Å²) in [5.41, 5.74) is 2.67. The van der Waals surface area contributed by atoms with E-state index in [9.17, 15) is 4.79 Å². The van der Waals surface area contributed by atoms with E-state index in [1.54, 1.807) is 11.3 Å². The van der Waals surface area contributed by atoms with Crippen molar-refractivity contribution in [1.82, 2.24) is 15.3 Å². The lowest BCUT2D eigenvalue weighted by molar-refractivity contribution is 0.578. The van der Waals surface area contributed by atoms with Gasteiger partial charge in [0.25, 0.3) is 0 Å². The molecule has 0 aliphatic rings. The Labute approximate surface area is 128 Å². The molecular weight excluding hydrogens is 338 g/mol. The zero-order valence-corrected chi connectivity index (χ0v) is 13.3. The lowest BCUT2D eigenvalue weighted by atomic mass is 10.1. The van der Waals surface area contributed by atoms with Crippen LogP contribution in [0.1, 0.15) is 23.4 Å². The number of fused-ring (bicyclic) bond motifs is 1. The van der Waals surface area contributed by atoms with Crippen LogP contribution in [0, 0.1) is 0 Å². The monoisotopic (exact) mass is 351 g/mol. The fourth-order valence-electron chi connectivity index (χ4n) is 2.13. The third kappa shape index (κ3) is 2.72. The highest BCUT2D eigenvalue weighted by atomic mass is 79.9. The molecule has 0 aliphatic heterocycles. The van der Waals surface area contributed by atoms with Crippen LogP contribution in [0.5, 0.6) is 0 Å². The van der Waals surface area contributed by atoms with Crippen LogP contribution >= 0.6 is 27.3 Å². The first kappa shape index (κ1) is 13.6. The van der Waals surface area contributed by atoms with Gasteiger partial charge in [0.1, 0.15) is 0 Å². The molecular formula is C14H14BrN3OS. The van der Waals surface area contributed by atoms with Gasteiger partial charge in [-0.2, -0.15) is 0 Å². The number of hydrogen-bond acceptors (Lipinski definition) is 3. The molecule has 1 unspecified atom stereocenters. The molecule has 0 saturated carbocycles. The van der Waals surface area contributed by atoms with Gasteiger partial charge in [0.15, 0.2) is 0 Å². The lowest BCUT2D eigenvalue weighted by Gasteiger charge is -2.14. The summed E-state index contributed by atoms with van der Waals surface area (Å²) in [5.74, 6) is 0. The highest BCUT2D eigenvalue weighted by Crippen LogP contribution is 2.24. The van der Waals surface area contributed by atoms with Gasteiger partial charge in [0.2, 0.25) is 0 Å². The first-order valence-corrected chi connectivity index (χ1v) is 7.98. The number of thiophene rings is 1. The molecule has 0 saturated heterocycles. The van der Waals surface area contributed by atoms with Crippen LogP contribution in [0.4, 0.5) is 0 Å². The Bertz CT molecular complexity index is 789. The van der Waals surface area contributed by atoms with Gasteiger partial charge in [-0.05, 0) is 52.0 Å². The number of benzene rings is 1. The predicted octanol–water partition coefficient (Wildman–Crippen LogP) is 3.53. The van der Waals surface area contributed by atoms with Crippen molar-refractivity contribution < 1.29 is 0 Å². The van der Waals surface area contributed by atoms with Crippen molar-refractivity contribution in [3.8, 4) is 0 Å². The molecule has 0 bridgehead atoms. The number of rotatable bonds is 4. The summed E-state index contributed by atoms with van der Waals surface area (Å²) >= 11 is 5.27. The Morgan fingerprint density at radius 3 is 2.85 bits per heavy atom. The molecule has 6 heteroatoms. The predicted molar refractivity (Wildman–Crippen MR) is 86.2 cm³/mol. The third-order valence-electron chi connectivity index (χ3n) is 3.30. The second-order valence-corrected chi connectivity index (χ2v) is 6.53. The Morgan fingerprint density at radius 1 is 1.30 bits per heavy atom. The number of aromatic nitrogens is 2. The molecule has 20 heavy (non-hydrogen) atoms. The second-order valence-electron chi connectivity index (χ2n) is 4.68. The minimum Gasteiger partial charge on any atom is -0.306 e. The van der Waals surface area contributed by atoms with E-state index in [1.165, 1.54) is 4.88 Å². The zero-order valence-electron chi connectivity index (χ0n) is 10.9. The van der Waals surface area contributed by atoms with E-state index in [4.69, 9.17) is 0 Å². The summed E-state index contributed by atoms with van der Waals surface area (Å²) in [5, 5.41) is 5.56. The Kier molecular flexibility index (Phi) is 3.78. The van der Waals surface area contributed by atoms with Gasteiger partial charge in [-0.1, -0.05) is 6.07 Å². The summed E-state index contributed by atoms with van der Waals surface area (Å²) in [6.45, 7) is 2.94. The summed E-state index contributed by atoms with van der Waals surface area (Å²) < 4.78 is 1.15. The number of hydrogen-bond donors (Lipinski definition) is 3. The number of aromatic amines is 2.